The SMILES string of the molecule is COc1ccccc1NC1(CN)CCN2CCC1C2. The van der Waals surface area contributed by atoms with Crippen molar-refractivity contribution < 1.29 is 4.74 Å². The Bertz CT molecular complexity index is 451. The van der Waals surface area contributed by atoms with Crippen LogP contribution in [0.15, 0.2) is 24.3 Å². The molecule has 0 aromatic heterocycles. The summed E-state index contributed by atoms with van der Waals surface area (Å²) in [5, 5.41) is 3.71. The average Bonchev–Trinajstić information content (AvgIpc) is 2.87. The van der Waals surface area contributed by atoms with Gasteiger partial charge < -0.3 is 20.7 Å². The van der Waals surface area contributed by atoms with Crippen molar-refractivity contribution in [2.75, 3.05) is 38.6 Å². The molecule has 0 aliphatic carbocycles. The van der Waals surface area contributed by atoms with Crippen LogP contribution in [0.25, 0.3) is 0 Å². The van der Waals surface area contributed by atoms with E-state index in [-0.39, 0.29) is 5.54 Å². The van der Waals surface area contributed by atoms with Gasteiger partial charge in [-0.05, 0) is 37.4 Å². The number of hydrogen-bond acceptors (Lipinski definition) is 4. The predicted molar refractivity (Wildman–Crippen MR) is 77.6 cm³/mol. The van der Waals surface area contributed by atoms with Gasteiger partial charge >= 0.3 is 0 Å². The molecule has 19 heavy (non-hydrogen) atoms. The normalized spacial score (nSPS) is 33.2. The maximum absolute atomic E-state index is 6.14. The number of nitrogens with two attached hydrogens (primary N) is 1. The molecule has 2 bridgehead atoms. The first-order chi connectivity index (χ1) is 9.27. The quantitative estimate of drug-likeness (QED) is 0.863. The molecule has 2 saturated heterocycles. The first kappa shape index (κ1) is 12.8. The maximum atomic E-state index is 6.14. The summed E-state index contributed by atoms with van der Waals surface area (Å²) in [7, 11) is 1.72. The smallest absolute Gasteiger partial charge is 0.141 e. The van der Waals surface area contributed by atoms with Gasteiger partial charge in [0.05, 0.1) is 18.3 Å². The lowest BCUT2D eigenvalue weighted by Crippen LogP contribution is -2.56. The molecule has 2 fully saturated rings. The molecule has 2 heterocycles. The number of fused-ring (bicyclic) bond motifs is 2. The van der Waals surface area contributed by atoms with Crippen LogP contribution in [0.2, 0.25) is 0 Å². The van der Waals surface area contributed by atoms with Gasteiger partial charge in [0.15, 0.2) is 0 Å². The van der Waals surface area contributed by atoms with E-state index >= 15 is 0 Å². The molecule has 3 rings (SSSR count). The molecule has 4 heteroatoms. The monoisotopic (exact) mass is 261 g/mol. The summed E-state index contributed by atoms with van der Waals surface area (Å²) in [6.07, 6.45) is 2.37. The molecule has 0 radical (unpaired) electrons. The number of ether oxygens (including phenoxy) is 1. The molecule has 0 amide bonds. The van der Waals surface area contributed by atoms with E-state index in [2.05, 4.69) is 16.3 Å². The number of anilines is 1. The number of rotatable bonds is 4. The molecule has 2 aliphatic heterocycles. The van der Waals surface area contributed by atoms with E-state index in [4.69, 9.17) is 10.5 Å². The molecule has 4 nitrogen and oxygen atoms in total. The number of benzene rings is 1. The van der Waals surface area contributed by atoms with Crippen LogP contribution in [-0.4, -0.2) is 43.7 Å². The van der Waals surface area contributed by atoms with Crippen molar-refractivity contribution in [2.24, 2.45) is 11.7 Å². The molecule has 1 aromatic carbocycles. The Hall–Kier alpha value is -1.26. The fourth-order valence-corrected chi connectivity index (χ4v) is 3.55. The van der Waals surface area contributed by atoms with Gasteiger partial charge in [0, 0.05) is 19.6 Å². The van der Waals surface area contributed by atoms with Crippen molar-refractivity contribution in [2.45, 2.75) is 18.4 Å². The highest BCUT2D eigenvalue weighted by Gasteiger charge is 2.45. The van der Waals surface area contributed by atoms with E-state index in [0.29, 0.717) is 12.5 Å². The summed E-state index contributed by atoms with van der Waals surface area (Å²) >= 11 is 0. The Balaban J connectivity index is 1.86. The Labute approximate surface area is 114 Å². The Kier molecular flexibility index (Phi) is 3.37. The van der Waals surface area contributed by atoms with Gasteiger partial charge in [-0.25, -0.2) is 0 Å². The molecule has 104 valence electrons. The van der Waals surface area contributed by atoms with Crippen LogP contribution in [0.4, 0.5) is 5.69 Å². The topological polar surface area (TPSA) is 50.5 Å². The lowest BCUT2D eigenvalue weighted by atomic mass is 9.78. The molecule has 3 atom stereocenters. The van der Waals surface area contributed by atoms with Crippen molar-refractivity contribution in [3.05, 3.63) is 24.3 Å². The van der Waals surface area contributed by atoms with Gasteiger partial charge in [0.1, 0.15) is 5.75 Å². The second-order valence-corrected chi connectivity index (χ2v) is 5.72. The van der Waals surface area contributed by atoms with Crippen molar-refractivity contribution in [3.8, 4) is 5.75 Å². The molecule has 1 aromatic rings. The fourth-order valence-electron chi connectivity index (χ4n) is 3.55. The first-order valence-corrected chi connectivity index (χ1v) is 7.11. The predicted octanol–water partition coefficient (Wildman–Crippen LogP) is 1.53. The molecule has 0 spiro atoms. The summed E-state index contributed by atoms with van der Waals surface area (Å²) in [6, 6.07) is 8.12. The third-order valence-electron chi connectivity index (χ3n) is 4.78. The minimum atomic E-state index is 0.0294. The van der Waals surface area contributed by atoms with Gasteiger partial charge in [-0.15, -0.1) is 0 Å². The van der Waals surface area contributed by atoms with Crippen LogP contribution in [0.3, 0.4) is 0 Å². The van der Waals surface area contributed by atoms with Crippen LogP contribution in [-0.2, 0) is 0 Å². The van der Waals surface area contributed by atoms with Crippen molar-refractivity contribution >= 4 is 5.69 Å². The van der Waals surface area contributed by atoms with Crippen LogP contribution >= 0.6 is 0 Å². The van der Waals surface area contributed by atoms with E-state index < -0.39 is 0 Å². The number of para-hydroxylation sites is 2. The highest BCUT2D eigenvalue weighted by molar-refractivity contribution is 5.58. The molecule has 3 N–H and O–H groups in total. The summed E-state index contributed by atoms with van der Waals surface area (Å²) in [6.45, 7) is 4.23. The maximum Gasteiger partial charge on any atom is 0.141 e. The third-order valence-corrected chi connectivity index (χ3v) is 4.78. The minimum absolute atomic E-state index is 0.0294. The standard InChI is InChI=1S/C15H23N3O/c1-19-14-5-3-2-4-13(14)17-15(11-16)7-9-18-8-6-12(15)10-18/h2-5,12,17H,6-11,16H2,1H3. The molecular weight excluding hydrogens is 238 g/mol. The highest BCUT2D eigenvalue weighted by Crippen LogP contribution is 2.39. The zero-order valence-electron chi connectivity index (χ0n) is 11.6. The number of nitrogens with one attached hydrogen (secondary N) is 1. The van der Waals surface area contributed by atoms with Crippen LogP contribution in [0.5, 0.6) is 5.75 Å². The lowest BCUT2D eigenvalue weighted by molar-refractivity contribution is 0.189. The van der Waals surface area contributed by atoms with Gasteiger partial charge in [0.25, 0.3) is 0 Å². The fraction of sp³-hybridized carbons (Fsp3) is 0.600. The minimum Gasteiger partial charge on any atom is -0.495 e. The van der Waals surface area contributed by atoms with Crippen molar-refractivity contribution in [1.29, 1.82) is 0 Å². The average molecular weight is 261 g/mol. The number of nitrogens with zero attached hydrogens (tertiary/aromatic N) is 1. The van der Waals surface area contributed by atoms with Gasteiger partial charge in [-0.2, -0.15) is 0 Å². The number of methoxy groups -OCH3 is 1. The number of piperidine rings is 1. The summed E-state index contributed by atoms with van der Waals surface area (Å²) in [5.74, 6) is 1.55. The second kappa shape index (κ2) is 5.02. The molecular formula is C15H23N3O. The van der Waals surface area contributed by atoms with E-state index in [9.17, 15) is 0 Å². The first-order valence-electron chi connectivity index (χ1n) is 7.11. The zero-order chi connectivity index (χ0) is 13.3. The summed E-state index contributed by atoms with van der Waals surface area (Å²) in [4.78, 5) is 2.54. The summed E-state index contributed by atoms with van der Waals surface area (Å²) < 4.78 is 5.44. The van der Waals surface area contributed by atoms with Gasteiger partial charge in [-0.1, -0.05) is 12.1 Å². The van der Waals surface area contributed by atoms with Crippen LogP contribution < -0.4 is 15.8 Å². The molecule has 0 saturated carbocycles. The van der Waals surface area contributed by atoms with Crippen LogP contribution in [0.1, 0.15) is 12.8 Å². The van der Waals surface area contributed by atoms with Gasteiger partial charge in [-0.3, -0.25) is 0 Å². The highest BCUT2D eigenvalue weighted by atomic mass is 16.5. The molecule has 2 aliphatic rings. The van der Waals surface area contributed by atoms with Crippen molar-refractivity contribution in [1.82, 2.24) is 4.90 Å². The van der Waals surface area contributed by atoms with Crippen molar-refractivity contribution in [3.63, 3.8) is 0 Å². The Morgan fingerprint density at radius 2 is 2.26 bits per heavy atom. The third kappa shape index (κ3) is 2.19. The second-order valence-electron chi connectivity index (χ2n) is 5.72. The Morgan fingerprint density at radius 3 is 3.05 bits per heavy atom. The lowest BCUT2D eigenvalue weighted by Gasteiger charge is -2.43. The van der Waals surface area contributed by atoms with Gasteiger partial charge in [0.2, 0.25) is 0 Å². The van der Waals surface area contributed by atoms with E-state index in [1.165, 1.54) is 19.5 Å². The van der Waals surface area contributed by atoms with Crippen LogP contribution in [0, 0.1) is 5.92 Å². The largest absolute Gasteiger partial charge is 0.495 e. The Morgan fingerprint density at radius 1 is 1.42 bits per heavy atom. The van der Waals surface area contributed by atoms with E-state index in [1.54, 1.807) is 7.11 Å². The number of hydrogen-bond donors (Lipinski definition) is 2. The summed E-state index contributed by atoms with van der Waals surface area (Å²) in [5.41, 5.74) is 7.24. The van der Waals surface area contributed by atoms with E-state index in [1.807, 2.05) is 18.2 Å². The molecule has 3 unspecified atom stereocenters. The zero-order valence-corrected chi connectivity index (χ0v) is 11.6. The van der Waals surface area contributed by atoms with E-state index in [0.717, 1.165) is 24.4 Å².